The molecule has 6 nitrogen and oxygen atoms in total. The Kier molecular flexibility index (Phi) is 5.80. The molecule has 144 valence electrons. The van der Waals surface area contributed by atoms with Crippen molar-refractivity contribution < 1.29 is 13.9 Å². The molecule has 0 aliphatic heterocycles. The summed E-state index contributed by atoms with van der Waals surface area (Å²) in [6.45, 7) is 2.33. The van der Waals surface area contributed by atoms with Crippen molar-refractivity contribution in [3.05, 3.63) is 75.3 Å². The Morgan fingerprint density at radius 1 is 1.21 bits per heavy atom. The smallest absolute Gasteiger partial charge is 0.316 e. The third-order valence-electron chi connectivity index (χ3n) is 4.24. The molecule has 0 saturated carbocycles. The van der Waals surface area contributed by atoms with Crippen LogP contribution >= 0.6 is 0 Å². The fraction of sp³-hybridized carbons (Fsp3) is 0.238. The number of aryl methyl sites for hydroxylation is 1. The van der Waals surface area contributed by atoms with E-state index in [2.05, 4.69) is 21.8 Å². The molecule has 1 aliphatic carbocycles. The summed E-state index contributed by atoms with van der Waals surface area (Å²) in [5.41, 5.74) is 7.18. The lowest BCUT2D eigenvalue weighted by molar-refractivity contribution is 0.402. The van der Waals surface area contributed by atoms with Crippen molar-refractivity contribution in [2.75, 3.05) is 19.5 Å². The van der Waals surface area contributed by atoms with Crippen LogP contribution in [0.3, 0.4) is 0 Å². The average Bonchev–Trinajstić information content (AvgIpc) is 2.71. The van der Waals surface area contributed by atoms with E-state index in [1.54, 1.807) is 23.9 Å². The zero-order valence-electron chi connectivity index (χ0n) is 15.9. The molecule has 1 aromatic carbocycles. The molecular weight excluding hydrogens is 361 g/mol. The van der Waals surface area contributed by atoms with E-state index in [1.807, 2.05) is 25.1 Å². The SMILES string of the molecule is CCc1cc(OC)ccc1Nc1nc(=O)c(OC)cn1CC1=C=C=C(F)C=C1. The van der Waals surface area contributed by atoms with Gasteiger partial charge in [-0.15, -0.1) is 0 Å². The molecule has 1 aliphatic rings. The van der Waals surface area contributed by atoms with Gasteiger partial charge in [0.25, 0.3) is 0 Å². The van der Waals surface area contributed by atoms with Gasteiger partial charge in [-0.25, -0.2) is 0 Å². The van der Waals surface area contributed by atoms with E-state index in [-0.39, 0.29) is 5.75 Å². The number of nitrogens with one attached hydrogen (secondary N) is 1. The third kappa shape index (κ3) is 4.23. The van der Waals surface area contributed by atoms with Crippen LogP contribution in [0.15, 0.2) is 64.2 Å². The van der Waals surface area contributed by atoms with E-state index in [0.29, 0.717) is 18.1 Å². The van der Waals surface area contributed by atoms with E-state index in [1.165, 1.54) is 13.2 Å². The molecular formula is C21H20FN3O3. The minimum Gasteiger partial charge on any atom is -0.497 e. The van der Waals surface area contributed by atoms with Crippen molar-refractivity contribution in [1.29, 1.82) is 0 Å². The molecule has 0 radical (unpaired) electrons. The number of benzene rings is 1. The molecule has 0 saturated heterocycles. The standard InChI is InChI=1S/C21H20FN3O3/c1-4-15-11-17(27-2)9-10-18(15)23-21-24-20(26)19(28-3)13-25(21)12-14-5-7-16(22)8-6-14/h5,7,9-11,13H,4,12H2,1-3H3,(H,23,24,26). The van der Waals surface area contributed by atoms with Gasteiger partial charge in [0.1, 0.15) is 5.75 Å². The van der Waals surface area contributed by atoms with Crippen LogP contribution in [0, 0.1) is 0 Å². The maximum atomic E-state index is 13.1. The van der Waals surface area contributed by atoms with Crippen molar-refractivity contribution >= 4 is 11.6 Å². The first-order chi connectivity index (χ1) is 13.5. The number of ether oxygens (including phenoxy) is 2. The van der Waals surface area contributed by atoms with E-state index in [0.717, 1.165) is 23.4 Å². The summed E-state index contributed by atoms with van der Waals surface area (Å²) in [5.74, 6) is 0.716. The Hall–Kier alpha value is -3.53. The Labute approximate surface area is 161 Å². The quantitative estimate of drug-likeness (QED) is 0.742. The normalized spacial score (nSPS) is 12.4. The molecule has 0 unspecified atom stereocenters. The monoisotopic (exact) mass is 381 g/mol. The maximum Gasteiger partial charge on any atom is 0.316 e. The largest absolute Gasteiger partial charge is 0.497 e. The average molecular weight is 381 g/mol. The van der Waals surface area contributed by atoms with Gasteiger partial charge in [0, 0.05) is 11.3 Å². The van der Waals surface area contributed by atoms with Gasteiger partial charge in [0.2, 0.25) is 11.7 Å². The Bertz CT molecular complexity index is 1090. The molecule has 1 aromatic heterocycles. The number of allylic oxidation sites excluding steroid dienone is 4. The van der Waals surface area contributed by atoms with Crippen LogP contribution in [0.2, 0.25) is 0 Å². The second-order valence-corrected chi connectivity index (χ2v) is 6.02. The van der Waals surface area contributed by atoms with Gasteiger partial charge in [0.15, 0.2) is 5.83 Å². The fourth-order valence-corrected chi connectivity index (χ4v) is 2.74. The van der Waals surface area contributed by atoms with Gasteiger partial charge < -0.3 is 19.4 Å². The second-order valence-electron chi connectivity index (χ2n) is 6.02. The van der Waals surface area contributed by atoms with Gasteiger partial charge in [-0.2, -0.15) is 9.37 Å². The number of anilines is 2. The summed E-state index contributed by atoms with van der Waals surface area (Å²) in [4.78, 5) is 16.3. The predicted molar refractivity (Wildman–Crippen MR) is 105 cm³/mol. The number of nitrogens with zero attached hydrogens (tertiary/aromatic N) is 2. The topological polar surface area (TPSA) is 65.4 Å². The number of halogens is 1. The summed E-state index contributed by atoms with van der Waals surface area (Å²) < 4.78 is 25.2. The summed E-state index contributed by atoms with van der Waals surface area (Å²) in [7, 11) is 3.02. The molecule has 3 rings (SSSR count). The second kappa shape index (κ2) is 8.44. The highest BCUT2D eigenvalue weighted by Gasteiger charge is 2.12. The molecule has 7 heteroatoms. The lowest BCUT2D eigenvalue weighted by atomic mass is 10.1. The van der Waals surface area contributed by atoms with Crippen LogP contribution in [0.25, 0.3) is 0 Å². The number of rotatable bonds is 7. The van der Waals surface area contributed by atoms with Crippen molar-refractivity contribution in [1.82, 2.24) is 9.55 Å². The zero-order chi connectivity index (χ0) is 20.1. The first-order valence-electron chi connectivity index (χ1n) is 8.71. The molecule has 0 spiro atoms. The minimum absolute atomic E-state index is 0.113. The predicted octanol–water partition coefficient (Wildman–Crippen LogP) is 3.67. The summed E-state index contributed by atoms with van der Waals surface area (Å²) in [6.07, 6.45) is 5.24. The molecule has 0 amide bonds. The highest BCUT2D eigenvalue weighted by Crippen LogP contribution is 2.25. The summed E-state index contributed by atoms with van der Waals surface area (Å²) in [5, 5.41) is 3.21. The Morgan fingerprint density at radius 3 is 2.68 bits per heavy atom. The van der Waals surface area contributed by atoms with Crippen LogP contribution in [0.4, 0.5) is 16.0 Å². The molecule has 28 heavy (non-hydrogen) atoms. The number of hydrogen-bond acceptors (Lipinski definition) is 5. The lowest BCUT2D eigenvalue weighted by Gasteiger charge is -2.17. The first kappa shape index (κ1) is 19.2. The van der Waals surface area contributed by atoms with Crippen molar-refractivity contribution in [3.8, 4) is 11.5 Å². The maximum absolute atomic E-state index is 13.1. The van der Waals surface area contributed by atoms with E-state index in [4.69, 9.17) is 9.47 Å². The third-order valence-corrected chi connectivity index (χ3v) is 4.24. The summed E-state index contributed by atoms with van der Waals surface area (Å²) in [6, 6.07) is 5.63. The number of methoxy groups -OCH3 is 2. The van der Waals surface area contributed by atoms with Gasteiger partial charge >= 0.3 is 5.56 Å². The highest BCUT2D eigenvalue weighted by molar-refractivity contribution is 5.61. The van der Waals surface area contributed by atoms with Crippen molar-refractivity contribution in [3.63, 3.8) is 0 Å². The molecule has 2 aromatic rings. The highest BCUT2D eigenvalue weighted by atomic mass is 19.1. The van der Waals surface area contributed by atoms with Crippen LogP contribution in [-0.4, -0.2) is 23.8 Å². The molecule has 0 fully saturated rings. The van der Waals surface area contributed by atoms with E-state index < -0.39 is 11.4 Å². The van der Waals surface area contributed by atoms with Crippen LogP contribution in [-0.2, 0) is 13.0 Å². The van der Waals surface area contributed by atoms with Crippen LogP contribution in [0.5, 0.6) is 11.5 Å². The summed E-state index contributed by atoms with van der Waals surface area (Å²) >= 11 is 0. The van der Waals surface area contributed by atoms with Crippen molar-refractivity contribution in [2.45, 2.75) is 19.9 Å². The zero-order valence-corrected chi connectivity index (χ0v) is 15.9. The Balaban J connectivity index is 2.03. The minimum atomic E-state index is -0.484. The van der Waals surface area contributed by atoms with E-state index >= 15 is 0 Å². The van der Waals surface area contributed by atoms with Crippen LogP contribution < -0.4 is 20.3 Å². The van der Waals surface area contributed by atoms with Crippen molar-refractivity contribution in [2.24, 2.45) is 0 Å². The van der Waals surface area contributed by atoms with Gasteiger partial charge in [-0.3, -0.25) is 4.79 Å². The first-order valence-corrected chi connectivity index (χ1v) is 8.71. The number of aromatic nitrogens is 2. The Morgan fingerprint density at radius 2 is 2.04 bits per heavy atom. The fourth-order valence-electron chi connectivity index (χ4n) is 2.74. The van der Waals surface area contributed by atoms with Gasteiger partial charge in [0.05, 0.1) is 27.0 Å². The molecule has 1 heterocycles. The molecule has 0 atom stereocenters. The molecule has 0 bridgehead atoms. The van der Waals surface area contributed by atoms with Gasteiger partial charge in [-0.1, -0.05) is 12.7 Å². The van der Waals surface area contributed by atoms with Gasteiger partial charge in [-0.05, 0) is 48.1 Å². The van der Waals surface area contributed by atoms with Crippen LogP contribution in [0.1, 0.15) is 12.5 Å². The van der Waals surface area contributed by atoms with E-state index in [9.17, 15) is 9.18 Å². The number of hydrogen-bond donors (Lipinski definition) is 1. The lowest BCUT2D eigenvalue weighted by Crippen LogP contribution is -2.19. The molecule has 1 N–H and O–H groups in total.